The Morgan fingerprint density at radius 3 is 2.39 bits per heavy atom. The highest BCUT2D eigenvalue weighted by Crippen LogP contribution is 2.57. The van der Waals surface area contributed by atoms with E-state index in [9.17, 15) is 10.2 Å². The van der Waals surface area contributed by atoms with Crippen LogP contribution in [0.5, 0.6) is 5.75 Å². The van der Waals surface area contributed by atoms with Crippen LogP contribution >= 0.6 is 0 Å². The van der Waals surface area contributed by atoms with E-state index in [0.29, 0.717) is 23.3 Å². The lowest BCUT2D eigenvalue weighted by atomic mass is 9.88. The zero-order chi connectivity index (χ0) is 12.4. The van der Waals surface area contributed by atoms with E-state index >= 15 is 0 Å². The Morgan fingerprint density at radius 1 is 0.889 bits per heavy atom. The molecule has 0 bridgehead atoms. The molecule has 0 spiro atoms. The van der Waals surface area contributed by atoms with E-state index in [1.165, 1.54) is 0 Å². The third-order valence-corrected chi connectivity index (χ3v) is 3.98. The van der Waals surface area contributed by atoms with Crippen LogP contribution in [0.3, 0.4) is 0 Å². The number of ether oxygens (including phenoxy) is 1. The van der Waals surface area contributed by atoms with Crippen LogP contribution in [0.1, 0.15) is 16.7 Å². The second kappa shape index (κ2) is 2.94. The van der Waals surface area contributed by atoms with Crippen molar-refractivity contribution in [2.75, 3.05) is 0 Å². The zero-order valence-corrected chi connectivity index (χ0v) is 9.63. The Balaban J connectivity index is 2.00. The second-order valence-corrected chi connectivity index (χ2v) is 4.94. The van der Waals surface area contributed by atoms with E-state index in [-0.39, 0.29) is 0 Å². The summed E-state index contributed by atoms with van der Waals surface area (Å²) in [6.45, 7) is 0. The van der Waals surface area contributed by atoms with Crippen molar-refractivity contribution in [1.29, 1.82) is 0 Å². The van der Waals surface area contributed by atoms with E-state index in [0.717, 1.165) is 5.56 Å². The Morgan fingerprint density at radius 2 is 1.56 bits per heavy atom. The molecule has 0 saturated carbocycles. The quantitative estimate of drug-likeness (QED) is 0.736. The average Bonchev–Trinajstić information content (AvgIpc) is 2.73. The minimum atomic E-state index is -1.66. The van der Waals surface area contributed by atoms with Crippen molar-refractivity contribution < 1.29 is 14.9 Å². The second-order valence-electron chi connectivity index (χ2n) is 4.94. The van der Waals surface area contributed by atoms with Crippen LogP contribution in [0.15, 0.2) is 48.5 Å². The summed E-state index contributed by atoms with van der Waals surface area (Å²) in [4.78, 5) is 0. The molecule has 0 aromatic heterocycles. The van der Waals surface area contributed by atoms with Gasteiger partial charge in [0.2, 0.25) is 0 Å². The number of rotatable bonds is 0. The number of fused-ring (bicyclic) bond motifs is 5. The van der Waals surface area contributed by atoms with Crippen LogP contribution < -0.4 is 4.74 Å². The maximum atomic E-state index is 10.9. The van der Waals surface area contributed by atoms with Crippen molar-refractivity contribution >= 4 is 0 Å². The van der Waals surface area contributed by atoms with Gasteiger partial charge < -0.3 is 14.9 Å². The zero-order valence-electron chi connectivity index (χ0n) is 9.63. The molecule has 2 N–H and O–H groups in total. The van der Waals surface area contributed by atoms with Gasteiger partial charge in [-0.25, -0.2) is 0 Å². The van der Waals surface area contributed by atoms with Gasteiger partial charge in [0.15, 0.2) is 5.60 Å². The molecule has 2 unspecified atom stereocenters. The van der Waals surface area contributed by atoms with Gasteiger partial charge in [-0.2, -0.15) is 0 Å². The van der Waals surface area contributed by atoms with Gasteiger partial charge in [0.05, 0.1) is 0 Å². The van der Waals surface area contributed by atoms with Gasteiger partial charge in [-0.1, -0.05) is 42.5 Å². The summed E-state index contributed by atoms with van der Waals surface area (Å²) in [5.74, 6) is -1.11. The first-order chi connectivity index (χ1) is 8.65. The fourth-order valence-corrected chi connectivity index (χ4v) is 3.10. The molecular weight excluding hydrogens is 228 g/mol. The van der Waals surface area contributed by atoms with Crippen LogP contribution in [0.25, 0.3) is 0 Å². The van der Waals surface area contributed by atoms with Crippen molar-refractivity contribution in [3.8, 4) is 5.75 Å². The molecule has 0 fully saturated rings. The molecule has 0 amide bonds. The lowest BCUT2D eigenvalue weighted by Crippen LogP contribution is -2.45. The van der Waals surface area contributed by atoms with Gasteiger partial charge in [0.1, 0.15) is 5.75 Å². The van der Waals surface area contributed by atoms with Gasteiger partial charge >= 0.3 is 0 Å². The Labute approximate surface area is 104 Å². The molecule has 18 heavy (non-hydrogen) atoms. The number of hydrogen-bond donors (Lipinski definition) is 2. The van der Waals surface area contributed by atoms with Crippen LogP contribution in [0.4, 0.5) is 0 Å². The lowest BCUT2D eigenvalue weighted by Gasteiger charge is -2.30. The summed E-state index contributed by atoms with van der Waals surface area (Å²) in [7, 11) is 0. The molecule has 3 heteroatoms. The number of para-hydroxylation sites is 1. The fraction of sp³-hybridized carbons (Fsp3) is 0.200. The molecule has 4 rings (SSSR count). The van der Waals surface area contributed by atoms with Crippen molar-refractivity contribution in [3.63, 3.8) is 0 Å². The predicted molar refractivity (Wildman–Crippen MR) is 65.0 cm³/mol. The highest BCUT2D eigenvalue weighted by atomic mass is 16.7. The van der Waals surface area contributed by atoms with Crippen molar-refractivity contribution in [2.24, 2.45) is 0 Å². The average molecular weight is 240 g/mol. The summed E-state index contributed by atoms with van der Waals surface area (Å²) in [6, 6.07) is 14.7. The van der Waals surface area contributed by atoms with E-state index in [1.54, 1.807) is 18.2 Å². The highest BCUT2D eigenvalue weighted by molar-refractivity contribution is 5.53. The summed E-state index contributed by atoms with van der Waals surface area (Å²) in [5, 5.41) is 21.7. The van der Waals surface area contributed by atoms with Crippen LogP contribution in [0, 0.1) is 0 Å². The van der Waals surface area contributed by atoms with E-state index in [2.05, 4.69) is 0 Å². The Hall–Kier alpha value is -1.84. The Bertz CT molecular complexity index is 594. The standard InChI is InChI=1S/C15H12O3/c16-14-9-10-5-1-2-6-11(10)15(14,17)18-13-8-4-3-7-12(13)14/h1-8,16-17H,9H2. The fourth-order valence-electron chi connectivity index (χ4n) is 3.10. The molecule has 2 aromatic carbocycles. The smallest absolute Gasteiger partial charge is 0.268 e. The van der Waals surface area contributed by atoms with Gasteiger partial charge in [0, 0.05) is 17.5 Å². The van der Waals surface area contributed by atoms with Crippen LogP contribution in [-0.2, 0) is 17.8 Å². The maximum absolute atomic E-state index is 10.9. The van der Waals surface area contributed by atoms with Gasteiger partial charge in [-0.3, -0.25) is 0 Å². The van der Waals surface area contributed by atoms with Gasteiger partial charge in [-0.15, -0.1) is 0 Å². The minimum Gasteiger partial charge on any atom is -0.454 e. The lowest BCUT2D eigenvalue weighted by molar-refractivity contribution is -0.242. The van der Waals surface area contributed by atoms with E-state index in [4.69, 9.17) is 4.74 Å². The Kier molecular flexibility index (Phi) is 1.65. The van der Waals surface area contributed by atoms with Crippen LogP contribution in [-0.4, -0.2) is 10.2 Å². The number of aliphatic hydroxyl groups is 2. The molecule has 2 aromatic rings. The monoisotopic (exact) mass is 240 g/mol. The molecule has 0 radical (unpaired) electrons. The first kappa shape index (κ1) is 10.1. The molecule has 2 aliphatic rings. The highest BCUT2D eigenvalue weighted by Gasteiger charge is 2.64. The summed E-state index contributed by atoms with van der Waals surface area (Å²) >= 11 is 0. The normalized spacial score (nSPS) is 31.4. The summed E-state index contributed by atoms with van der Waals surface area (Å²) in [6.07, 6.45) is 0.372. The van der Waals surface area contributed by atoms with Gasteiger partial charge in [-0.05, 0) is 11.6 Å². The summed E-state index contributed by atoms with van der Waals surface area (Å²) in [5.41, 5.74) is 0.859. The van der Waals surface area contributed by atoms with E-state index < -0.39 is 11.4 Å². The number of benzene rings is 2. The molecule has 1 heterocycles. The number of hydrogen-bond acceptors (Lipinski definition) is 3. The maximum Gasteiger partial charge on any atom is 0.268 e. The van der Waals surface area contributed by atoms with Crippen molar-refractivity contribution in [1.82, 2.24) is 0 Å². The molecule has 1 aliphatic heterocycles. The van der Waals surface area contributed by atoms with Crippen molar-refractivity contribution in [3.05, 3.63) is 65.2 Å². The third-order valence-electron chi connectivity index (χ3n) is 3.98. The third kappa shape index (κ3) is 0.937. The molecule has 0 saturated heterocycles. The first-order valence-corrected chi connectivity index (χ1v) is 5.97. The largest absolute Gasteiger partial charge is 0.454 e. The van der Waals surface area contributed by atoms with Crippen molar-refractivity contribution in [2.45, 2.75) is 17.8 Å². The molecule has 3 nitrogen and oxygen atoms in total. The van der Waals surface area contributed by atoms with Gasteiger partial charge in [0.25, 0.3) is 5.79 Å². The molecule has 90 valence electrons. The topological polar surface area (TPSA) is 49.7 Å². The predicted octanol–water partition coefficient (Wildman–Crippen LogP) is 1.67. The SMILES string of the molecule is OC12Cc3ccccc3C1(O)Oc1ccccc12. The molecular formula is C15H12O3. The summed E-state index contributed by atoms with van der Waals surface area (Å²) < 4.78 is 5.65. The minimum absolute atomic E-state index is 0.372. The van der Waals surface area contributed by atoms with E-state index in [1.807, 2.05) is 30.3 Å². The first-order valence-electron chi connectivity index (χ1n) is 5.97. The van der Waals surface area contributed by atoms with Crippen LogP contribution in [0.2, 0.25) is 0 Å². The molecule has 2 atom stereocenters. The molecule has 1 aliphatic carbocycles.